The van der Waals surface area contributed by atoms with Gasteiger partial charge in [0.2, 0.25) is 0 Å². The number of amides is 1. The Hall–Kier alpha value is -0.940. The third kappa shape index (κ3) is 4.38. The van der Waals surface area contributed by atoms with Crippen LogP contribution in [0.4, 0.5) is 0 Å². The van der Waals surface area contributed by atoms with Gasteiger partial charge in [-0.2, -0.15) is 0 Å². The minimum absolute atomic E-state index is 0.0333. The van der Waals surface area contributed by atoms with Crippen molar-refractivity contribution < 1.29 is 4.79 Å². The van der Waals surface area contributed by atoms with E-state index in [1.807, 2.05) is 32.0 Å². The summed E-state index contributed by atoms with van der Waals surface area (Å²) in [6, 6.07) is 5.65. The maximum atomic E-state index is 12.4. The standard InChI is InChI=1S/C13H17BrN2OS/c1-3-4-16(8-12(15)18)13(17)10-5-9(2)6-11(14)7-10/h5-7H,3-4,8H2,1-2H3,(H2,15,18). The highest BCUT2D eigenvalue weighted by atomic mass is 79.9. The van der Waals surface area contributed by atoms with Crippen LogP contribution in [0.2, 0.25) is 0 Å². The predicted molar refractivity (Wildman–Crippen MR) is 81.9 cm³/mol. The average molecular weight is 329 g/mol. The van der Waals surface area contributed by atoms with Crippen molar-refractivity contribution >= 4 is 39.0 Å². The largest absolute Gasteiger partial charge is 0.392 e. The van der Waals surface area contributed by atoms with E-state index >= 15 is 0 Å². The zero-order valence-electron chi connectivity index (χ0n) is 10.6. The maximum Gasteiger partial charge on any atom is 0.254 e. The Morgan fingerprint density at radius 1 is 1.44 bits per heavy atom. The van der Waals surface area contributed by atoms with Crippen LogP contribution in [0.3, 0.4) is 0 Å². The number of nitrogens with two attached hydrogens (primary N) is 1. The first-order chi connectivity index (χ1) is 8.43. The minimum Gasteiger partial charge on any atom is -0.392 e. The van der Waals surface area contributed by atoms with Crippen LogP contribution in [0.15, 0.2) is 22.7 Å². The zero-order chi connectivity index (χ0) is 13.7. The second-order valence-electron chi connectivity index (χ2n) is 4.21. The quantitative estimate of drug-likeness (QED) is 0.845. The van der Waals surface area contributed by atoms with Crippen LogP contribution in [0.1, 0.15) is 29.3 Å². The lowest BCUT2D eigenvalue weighted by atomic mass is 10.1. The molecule has 0 spiro atoms. The van der Waals surface area contributed by atoms with Crippen LogP contribution < -0.4 is 5.73 Å². The molecule has 0 atom stereocenters. The Morgan fingerprint density at radius 2 is 2.11 bits per heavy atom. The second kappa shape index (κ2) is 6.85. The average Bonchev–Trinajstić information content (AvgIpc) is 2.25. The van der Waals surface area contributed by atoms with Crippen molar-refractivity contribution in [3.63, 3.8) is 0 Å². The van der Waals surface area contributed by atoms with Crippen molar-refractivity contribution in [3.05, 3.63) is 33.8 Å². The van der Waals surface area contributed by atoms with E-state index in [4.69, 9.17) is 18.0 Å². The van der Waals surface area contributed by atoms with Crippen molar-refractivity contribution in [2.75, 3.05) is 13.1 Å². The fraction of sp³-hybridized carbons (Fsp3) is 0.385. The van der Waals surface area contributed by atoms with Gasteiger partial charge in [-0.1, -0.05) is 35.1 Å². The minimum atomic E-state index is -0.0333. The molecule has 0 fully saturated rings. The molecule has 1 aromatic rings. The molecule has 98 valence electrons. The molecule has 0 radical (unpaired) electrons. The highest BCUT2D eigenvalue weighted by molar-refractivity contribution is 9.10. The van der Waals surface area contributed by atoms with Crippen molar-refractivity contribution in [1.82, 2.24) is 4.90 Å². The maximum absolute atomic E-state index is 12.4. The molecule has 0 aliphatic heterocycles. The third-order valence-electron chi connectivity index (χ3n) is 2.42. The number of hydrogen-bond acceptors (Lipinski definition) is 2. The Balaban J connectivity index is 2.97. The highest BCUT2D eigenvalue weighted by Gasteiger charge is 2.16. The second-order valence-corrected chi connectivity index (χ2v) is 5.65. The van der Waals surface area contributed by atoms with Crippen molar-refractivity contribution in [2.24, 2.45) is 5.73 Å². The summed E-state index contributed by atoms with van der Waals surface area (Å²) in [5, 5.41) is 0. The van der Waals surface area contributed by atoms with E-state index in [0.29, 0.717) is 23.6 Å². The molecule has 1 amide bonds. The Bertz CT molecular complexity index is 442. The number of nitrogens with zero attached hydrogens (tertiary/aromatic N) is 1. The van der Waals surface area contributed by atoms with E-state index in [-0.39, 0.29) is 5.91 Å². The molecule has 0 unspecified atom stereocenters. The van der Waals surface area contributed by atoms with E-state index in [0.717, 1.165) is 16.5 Å². The van der Waals surface area contributed by atoms with Crippen LogP contribution >= 0.6 is 28.1 Å². The Labute approximate surface area is 121 Å². The summed E-state index contributed by atoms with van der Waals surface area (Å²) in [6.07, 6.45) is 0.876. The van der Waals surface area contributed by atoms with Gasteiger partial charge in [-0.25, -0.2) is 0 Å². The number of carbonyl (C=O) groups is 1. The van der Waals surface area contributed by atoms with E-state index in [1.54, 1.807) is 4.90 Å². The number of aryl methyl sites for hydroxylation is 1. The van der Waals surface area contributed by atoms with Crippen molar-refractivity contribution in [1.29, 1.82) is 0 Å². The number of halogens is 1. The number of benzene rings is 1. The molecule has 0 heterocycles. The van der Waals surface area contributed by atoms with Gasteiger partial charge < -0.3 is 10.6 Å². The van der Waals surface area contributed by atoms with Gasteiger partial charge in [0.15, 0.2) is 0 Å². The van der Waals surface area contributed by atoms with E-state index in [9.17, 15) is 4.79 Å². The molecule has 18 heavy (non-hydrogen) atoms. The first-order valence-corrected chi connectivity index (χ1v) is 6.99. The van der Waals surface area contributed by atoms with E-state index in [1.165, 1.54) is 0 Å². The van der Waals surface area contributed by atoms with E-state index < -0.39 is 0 Å². The summed E-state index contributed by atoms with van der Waals surface area (Å²) < 4.78 is 0.901. The Morgan fingerprint density at radius 3 is 2.61 bits per heavy atom. The summed E-state index contributed by atoms with van der Waals surface area (Å²) in [4.78, 5) is 14.4. The lowest BCUT2D eigenvalue weighted by Gasteiger charge is -2.21. The highest BCUT2D eigenvalue weighted by Crippen LogP contribution is 2.17. The van der Waals surface area contributed by atoms with Crippen molar-refractivity contribution in [2.45, 2.75) is 20.3 Å². The fourth-order valence-electron chi connectivity index (χ4n) is 1.75. The lowest BCUT2D eigenvalue weighted by Crippen LogP contribution is -2.38. The first kappa shape index (κ1) is 15.1. The summed E-state index contributed by atoms with van der Waals surface area (Å²) >= 11 is 8.28. The van der Waals surface area contributed by atoms with Gasteiger partial charge in [0.05, 0.1) is 11.5 Å². The van der Waals surface area contributed by atoms with Crippen LogP contribution in [0, 0.1) is 6.92 Å². The number of rotatable bonds is 5. The topological polar surface area (TPSA) is 46.3 Å². The molecule has 0 saturated carbocycles. The number of hydrogen-bond donors (Lipinski definition) is 1. The molecule has 0 bridgehead atoms. The molecule has 2 N–H and O–H groups in total. The van der Waals surface area contributed by atoms with Gasteiger partial charge in [0.1, 0.15) is 0 Å². The SMILES string of the molecule is CCCN(CC(N)=S)C(=O)c1cc(C)cc(Br)c1. The van der Waals surface area contributed by atoms with Crippen LogP contribution in [0.5, 0.6) is 0 Å². The fourth-order valence-corrected chi connectivity index (χ4v) is 2.52. The smallest absolute Gasteiger partial charge is 0.254 e. The molecular formula is C13H17BrN2OS. The molecule has 1 aromatic carbocycles. The number of thiocarbonyl (C=S) groups is 1. The predicted octanol–water partition coefficient (Wildman–Crippen LogP) is 2.90. The molecule has 5 heteroatoms. The molecule has 0 aliphatic rings. The van der Waals surface area contributed by atoms with Gasteiger partial charge >= 0.3 is 0 Å². The van der Waals surface area contributed by atoms with Gasteiger partial charge in [-0.15, -0.1) is 0 Å². The summed E-state index contributed by atoms with van der Waals surface area (Å²) in [6.45, 7) is 4.96. The first-order valence-electron chi connectivity index (χ1n) is 5.78. The van der Waals surface area contributed by atoms with E-state index in [2.05, 4.69) is 15.9 Å². The van der Waals surface area contributed by atoms with Gasteiger partial charge in [-0.3, -0.25) is 4.79 Å². The molecule has 0 aliphatic carbocycles. The van der Waals surface area contributed by atoms with Gasteiger partial charge in [-0.05, 0) is 37.1 Å². The zero-order valence-corrected chi connectivity index (χ0v) is 13.0. The molecule has 3 nitrogen and oxygen atoms in total. The van der Waals surface area contributed by atoms with Crippen LogP contribution in [-0.4, -0.2) is 28.9 Å². The summed E-state index contributed by atoms with van der Waals surface area (Å²) in [5.74, 6) is -0.0333. The number of carbonyl (C=O) groups excluding carboxylic acids is 1. The molecule has 1 rings (SSSR count). The normalized spacial score (nSPS) is 10.2. The molecule has 0 saturated heterocycles. The van der Waals surface area contributed by atoms with Gasteiger partial charge in [0.25, 0.3) is 5.91 Å². The summed E-state index contributed by atoms with van der Waals surface area (Å²) in [5.41, 5.74) is 7.23. The van der Waals surface area contributed by atoms with Crippen LogP contribution in [-0.2, 0) is 0 Å². The third-order valence-corrected chi connectivity index (χ3v) is 3.00. The molecular weight excluding hydrogens is 312 g/mol. The van der Waals surface area contributed by atoms with Gasteiger partial charge in [0, 0.05) is 16.6 Å². The lowest BCUT2D eigenvalue weighted by molar-refractivity contribution is 0.0780. The van der Waals surface area contributed by atoms with Crippen molar-refractivity contribution in [3.8, 4) is 0 Å². The Kier molecular flexibility index (Phi) is 5.75. The summed E-state index contributed by atoms with van der Waals surface area (Å²) in [7, 11) is 0. The monoisotopic (exact) mass is 328 g/mol. The molecule has 0 aromatic heterocycles. The van der Waals surface area contributed by atoms with Crippen LogP contribution in [0.25, 0.3) is 0 Å².